The van der Waals surface area contributed by atoms with E-state index in [-0.39, 0.29) is 42.2 Å². The molecule has 4 amide bonds. The highest BCUT2D eigenvalue weighted by atomic mass is 19.1. The number of nitrogens with zero attached hydrogens (tertiary/aromatic N) is 6. The summed E-state index contributed by atoms with van der Waals surface area (Å²) in [6.45, 7) is 1.85. The van der Waals surface area contributed by atoms with Crippen LogP contribution in [0.1, 0.15) is 53.9 Å². The number of aromatic nitrogens is 4. The van der Waals surface area contributed by atoms with Crippen molar-refractivity contribution in [2.45, 2.75) is 44.6 Å². The summed E-state index contributed by atoms with van der Waals surface area (Å²) in [6, 6.07) is 5.21. The summed E-state index contributed by atoms with van der Waals surface area (Å²) in [7, 11) is 1.45. The molecule has 3 aromatic heterocycles. The Morgan fingerprint density at radius 1 is 1.07 bits per heavy atom. The minimum atomic E-state index is -0.889. The van der Waals surface area contributed by atoms with Crippen LogP contribution in [0, 0.1) is 24.5 Å². The Morgan fingerprint density at radius 2 is 1.86 bits per heavy atom. The summed E-state index contributed by atoms with van der Waals surface area (Å²) >= 11 is 0. The fourth-order valence-corrected chi connectivity index (χ4v) is 5.47. The zero-order valence-electron chi connectivity index (χ0n) is 23.5. The number of aryl methyl sites for hydroxylation is 1. The molecule has 13 heteroatoms. The van der Waals surface area contributed by atoms with E-state index >= 15 is 0 Å². The Labute approximate surface area is 244 Å². The van der Waals surface area contributed by atoms with Crippen molar-refractivity contribution in [1.82, 2.24) is 24.3 Å². The van der Waals surface area contributed by atoms with Crippen molar-refractivity contribution in [3.05, 3.63) is 77.3 Å². The molecule has 2 atom stereocenters. The van der Waals surface area contributed by atoms with E-state index in [4.69, 9.17) is 0 Å². The molecular formula is C30H28F2N8O3. The molecule has 43 heavy (non-hydrogen) atoms. The van der Waals surface area contributed by atoms with Crippen LogP contribution in [-0.4, -0.2) is 55.7 Å². The molecule has 3 fully saturated rings. The average Bonchev–Trinajstić information content (AvgIpc) is 3.91. The number of carbonyl (C=O) groups excluding carboxylic acids is 3. The number of benzene rings is 1. The number of urea groups is 1. The molecule has 7 rings (SSSR count). The molecule has 2 aliphatic carbocycles. The lowest BCUT2D eigenvalue weighted by Gasteiger charge is -2.17. The number of anilines is 3. The van der Waals surface area contributed by atoms with Crippen LogP contribution < -0.4 is 15.5 Å². The Kier molecular flexibility index (Phi) is 6.33. The van der Waals surface area contributed by atoms with Gasteiger partial charge in [-0.25, -0.2) is 28.5 Å². The molecule has 1 aromatic carbocycles. The molecule has 0 spiro atoms. The fraction of sp³-hybridized carbons (Fsp3) is 0.333. The summed E-state index contributed by atoms with van der Waals surface area (Å²) in [4.78, 5) is 53.6. The number of carbonyl (C=O) groups is 3. The molecule has 1 saturated heterocycles. The van der Waals surface area contributed by atoms with Gasteiger partial charge in [0, 0.05) is 49.2 Å². The van der Waals surface area contributed by atoms with Gasteiger partial charge < -0.3 is 15.0 Å². The molecule has 11 nitrogen and oxygen atoms in total. The Morgan fingerprint density at radius 3 is 2.58 bits per heavy atom. The van der Waals surface area contributed by atoms with Gasteiger partial charge in [0.25, 0.3) is 0 Å². The lowest BCUT2D eigenvalue weighted by Crippen LogP contribution is -2.30. The minimum absolute atomic E-state index is 0.0102. The maximum Gasteiger partial charge on any atom is 0.331 e. The lowest BCUT2D eigenvalue weighted by molar-refractivity contribution is -0.124. The number of hydrogen-bond donors (Lipinski definition) is 2. The van der Waals surface area contributed by atoms with Gasteiger partial charge in [0.05, 0.1) is 29.3 Å². The van der Waals surface area contributed by atoms with Crippen LogP contribution in [0.5, 0.6) is 0 Å². The molecule has 4 aromatic rings. The van der Waals surface area contributed by atoms with E-state index in [9.17, 15) is 23.2 Å². The van der Waals surface area contributed by atoms with Crippen LogP contribution in [0.4, 0.5) is 30.6 Å². The Balaban J connectivity index is 1.09. The first-order chi connectivity index (χ1) is 20.7. The smallest absolute Gasteiger partial charge is 0.331 e. The van der Waals surface area contributed by atoms with E-state index < -0.39 is 23.6 Å². The van der Waals surface area contributed by atoms with Crippen LogP contribution in [0.2, 0.25) is 0 Å². The third-order valence-electron chi connectivity index (χ3n) is 8.17. The number of nitrogens with one attached hydrogen (secondary N) is 2. The molecule has 2 N–H and O–H groups in total. The number of imidazole rings is 1. The molecule has 0 radical (unpaired) electrons. The van der Waals surface area contributed by atoms with Crippen molar-refractivity contribution >= 4 is 40.6 Å². The Hall–Kier alpha value is -4.94. The van der Waals surface area contributed by atoms with Crippen LogP contribution >= 0.6 is 0 Å². The summed E-state index contributed by atoms with van der Waals surface area (Å²) in [5.74, 6) is -1.97. The van der Waals surface area contributed by atoms with Crippen LogP contribution in [0.3, 0.4) is 0 Å². The van der Waals surface area contributed by atoms with E-state index in [1.807, 2.05) is 23.6 Å². The van der Waals surface area contributed by atoms with Gasteiger partial charge in [-0.05, 0) is 55.9 Å². The highest BCUT2D eigenvalue weighted by Gasteiger charge is 2.46. The van der Waals surface area contributed by atoms with Crippen LogP contribution in [0.25, 0.3) is 5.65 Å². The van der Waals surface area contributed by atoms with Gasteiger partial charge in [-0.2, -0.15) is 0 Å². The molecule has 1 aliphatic heterocycles. The summed E-state index contributed by atoms with van der Waals surface area (Å²) in [5.41, 5.74) is 3.25. The first-order valence-electron chi connectivity index (χ1n) is 14.1. The fourth-order valence-electron chi connectivity index (χ4n) is 5.47. The zero-order valence-corrected chi connectivity index (χ0v) is 23.5. The normalized spacial score (nSPS) is 19.8. The molecule has 2 unspecified atom stereocenters. The van der Waals surface area contributed by atoms with Crippen molar-refractivity contribution in [3.8, 4) is 0 Å². The molecule has 0 bridgehead atoms. The quantitative estimate of drug-likeness (QED) is 0.294. The van der Waals surface area contributed by atoms with E-state index in [2.05, 4.69) is 25.6 Å². The number of fused-ring (bicyclic) bond motifs is 1. The van der Waals surface area contributed by atoms with Crippen molar-refractivity contribution in [3.63, 3.8) is 0 Å². The van der Waals surface area contributed by atoms with Crippen LogP contribution in [0.15, 0.2) is 42.9 Å². The maximum atomic E-state index is 14.8. The van der Waals surface area contributed by atoms with Gasteiger partial charge in [0.1, 0.15) is 24.0 Å². The lowest BCUT2D eigenvalue weighted by atomic mass is 10.1. The maximum absolute atomic E-state index is 14.8. The van der Waals surface area contributed by atoms with Crippen molar-refractivity contribution in [1.29, 1.82) is 0 Å². The summed E-state index contributed by atoms with van der Waals surface area (Å²) in [6.07, 6.45) is 8.01. The average molecular weight is 587 g/mol. The number of likely N-dealkylation sites (N-methyl/N-ethyl adjacent to an activating group) is 1. The predicted octanol–water partition coefficient (Wildman–Crippen LogP) is 4.34. The summed E-state index contributed by atoms with van der Waals surface area (Å²) < 4.78 is 31.2. The van der Waals surface area contributed by atoms with Crippen LogP contribution in [-0.2, 0) is 16.1 Å². The first kappa shape index (κ1) is 26.9. The van der Waals surface area contributed by atoms with Gasteiger partial charge in [-0.15, -0.1) is 0 Å². The molecule has 4 heterocycles. The van der Waals surface area contributed by atoms with E-state index in [0.29, 0.717) is 35.2 Å². The number of hydrogen-bond acceptors (Lipinski definition) is 7. The van der Waals surface area contributed by atoms with Crippen molar-refractivity contribution < 1.29 is 23.2 Å². The van der Waals surface area contributed by atoms with E-state index in [0.717, 1.165) is 35.1 Å². The zero-order chi connectivity index (χ0) is 30.0. The van der Waals surface area contributed by atoms with Crippen molar-refractivity contribution in [2.75, 3.05) is 29.1 Å². The second-order valence-corrected chi connectivity index (χ2v) is 11.4. The van der Waals surface area contributed by atoms with E-state index in [1.165, 1.54) is 18.0 Å². The van der Waals surface area contributed by atoms with Crippen molar-refractivity contribution in [2.24, 2.45) is 5.92 Å². The standard InChI is InChI=1S/C30H28F2N8O3/c1-15-5-6-33-27(35-15)19-8-20(19)29(42)37-24-10-23(21(31)9-22(24)32)34-11-18-13-39-12-17(16-3-4-16)7-25(28(39)36-18)40-14-26(41)38(2)30(40)43/h5-7,9-10,12-13,16,19-20,34H,3-4,8,11,14H2,1-2H3,(H,37,42). The number of imide groups is 1. The molecule has 3 aliphatic rings. The number of amides is 4. The van der Waals surface area contributed by atoms with Gasteiger partial charge in [-0.1, -0.05) is 0 Å². The van der Waals surface area contributed by atoms with E-state index in [1.54, 1.807) is 18.5 Å². The van der Waals surface area contributed by atoms with Gasteiger partial charge >= 0.3 is 6.03 Å². The largest absolute Gasteiger partial charge is 0.377 e. The van der Waals surface area contributed by atoms with Gasteiger partial charge in [0.15, 0.2) is 5.65 Å². The number of halogens is 2. The van der Waals surface area contributed by atoms with Gasteiger partial charge in [-0.3, -0.25) is 19.4 Å². The predicted molar refractivity (Wildman–Crippen MR) is 153 cm³/mol. The highest BCUT2D eigenvalue weighted by Crippen LogP contribution is 2.47. The topological polar surface area (TPSA) is 125 Å². The third kappa shape index (κ3) is 5.04. The molecule has 220 valence electrons. The second kappa shape index (κ2) is 10.1. The number of rotatable bonds is 8. The van der Waals surface area contributed by atoms with Gasteiger partial charge in [0.2, 0.25) is 11.8 Å². The highest BCUT2D eigenvalue weighted by molar-refractivity contribution is 6.13. The SMILES string of the molecule is Cc1ccnc(C2CC2C(=O)Nc2cc(NCc3cn4cc(C5CC5)cc(N5CC(=O)N(C)C5=O)c4n3)c(F)cc2F)n1. The minimum Gasteiger partial charge on any atom is -0.377 e. The monoisotopic (exact) mass is 586 g/mol. The Bertz CT molecular complexity index is 1820. The second-order valence-electron chi connectivity index (χ2n) is 11.4. The number of pyridine rings is 1. The summed E-state index contributed by atoms with van der Waals surface area (Å²) in [5, 5.41) is 5.53. The third-order valence-corrected chi connectivity index (χ3v) is 8.17. The molecular weight excluding hydrogens is 558 g/mol. The molecule has 2 saturated carbocycles. The first-order valence-corrected chi connectivity index (χ1v) is 14.1.